The predicted molar refractivity (Wildman–Crippen MR) is 51.9 cm³/mol. The topological polar surface area (TPSA) is 39.9 Å². The van der Waals surface area contributed by atoms with Crippen molar-refractivity contribution in [1.82, 2.24) is 14.5 Å². The van der Waals surface area contributed by atoms with Crippen LogP contribution in [0.4, 0.5) is 0 Å². The van der Waals surface area contributed by atoms with Crippen LogP contribution in [0.15, 0.2) is 24.7 Å². The molecule has 1 saturated heterocycles. The van der Waals surface area contributed by atoms with Gasteiger partial charge in [0.15, 0.2) is 5.65 Å². The van der Waals surface area contributed by atoms with Gasteiger partial charge in [0.1, 0.15) is 5.52 Å². The lowest BCUT2D eigenvalue weighted by atomic mass is 10.2. The minimum absolute atomic E-state index is 0.356. The number of pyridine rings is 1. The Bertz CT molecular complexity index is 447. The van der Waals surface area contributed by atoms with Crippen LogP contribution in [-0.4, -0.2) is 27.2 Å². The summed E-state index contributed by atoms with van der Waals surface area (Å²) in [5.41, 5.74) is 1.90. The average molecular weight is 189 g/mol. The fraction of sp³-hybridized carbons (Fsp3) is 0.400. The quantitative estimate of drug-likeness (QED) is 0.713. The summed E-state index contributed by atoms with van der Waals surface area (Å²) < 4.78 is 7.43. The zero-order valence-electron chi connectivity index (χ0n) is 7.76. The second-order valence-corrected chi connectivity index (χ2v) is 3.52. The van der Waals surface area contributed by atoms with E-state index in [4.69, 9.17) is 4.74 Å². The van der Waals surface area contributed by atoms with E-state index in [1.165, 1.54) is 0 Å². The van der Waals surface area contributed by atoms with Crippen molar-refractivity contribution in [3.8, 4) is 0 Å². The Hall–Kier alpha value is -1.42. The highest BCUT2D eigenvalue weighted by atomic mass is 16.5. The summed E-state index contributed by atoms with van der Waals surface area (Å²) in [4.78, 5) is 8.57. The van der Waals surface area contributed by atoms with E-state index in [2.05, 4.69) is 14.5 Å². The molecule has 1 unspecified atom stereocenters. The van der Waals surface area contributed by atoms with Crippen molar-refractivity contribution in [2.45, 2.75) is 19.1 Å². The molecule has 0 aromatic carbocycles. The van der Waals surface area contributed by atoms with Gasteiger partial charge < -0.3 is 9.30 Å². The molecule has 0 aliphatic carbocycles. The number of nitrogens with zero attached hydrogens (tertiary/aromatic N) is 3. The van der Waals surface area contributed by atoms with E-state index in [1.54, 1.807) is 6.20 Å². The Morgan fingerprint density at radius 2 is 2.43 bits per heavy atom. The molecule has 1 fully saturated rings. The molecular weight excluding hydrogens is 178 g/mol. The second-order valence-electron chi connectivity index (χ2n) is 3.52. The summed E-state index contributed by atoms with van der Waals surface area (Å²) in [6.45, 7) is 1.76. The van der Waals surface area contributed by atoms with Gasteiger partial charge in [0, 0.05) is 12.8 Å². The van der Waals surface area contributed by atoms with Gasteiger partial charge >= 0.3 is 0 Å². The first-order chi connectivity index (χ1) is 6.93. The monoisotopic (exact) mass is 189 g/mol. The summed E-state index contributed by atoms with van der Waals surface area (Å²) in [6, 6.07) is 3.87. The van der Waals surface area contributed by atoms with Crippen molar-refractivity contribution in [3.63, 3.8) is 0 Å². The number of hydrogen-bond acceptors (Lipinski definition) is 3. The Morgan fingerprint density at radius 1 is 1.50 bits per heavy atom. The highest BCUT2D eigenvalue weighted by molar-refractivity contribution is 5.69. The van der Waals surface area contributed by atoms with E-state index in [0.29, 0.717) is 6.10 Å². The van der Waals surface area contributed by atoms with Crippen LogP contribution >= 0.6 is 0 Å². The van der Waals surface area contributed by atoms with E-state index in [0.717, 1.165) is 30.7 Å². The molecule has 2 aromatic rings. The van der Waals surface area contributed by atoms with E-state index in [-0.39, 0.29) is 0 Å². The predicted octanol–water partition coefficient (Wildman–Crippen LogP) is 1.22. The Morgan fingerprint density at radius 3 is 3.21 bits per heavy atom. The molecule has 0 amide bonds. The van der Waals surface area contributed by atoms with E-state index >= 15 is 0 Å². The third kappa shape index (κ3) is 1.19. The van der Waals surface area contributed by atoms with Gasteiger partial charge in [0.2, 0.25) is 0 Å². The van der Waals surface area contributed by atoms with Gasteiger partial charge in [-0.1, -0.05) is 0 Å². The van der Waals surface area contributed by atoms with Crippen LogP contribution in [0.3, 0.4) is 0 Å². The summed E-state index contributed by atoms with van der Waals surface area (Å²) in [7, 11) is 0. The number of rotatable bonds is 2. The molecular formula is C10H11N3O. The first-order valence-corrected chi connectivity index (χ1v) is 4.81. The zero-order valence-corrected chi connectivity index (χ0v) is 7.76. The number of aromatic nitrogens is 3. The number of imidazole rings is 1. The maximum Gasteiger partial charge on any atom is 0.159 e. The van der Waals surface area contributed by atoms with Crippen molar-refractivity contribution in [1.29, 1.82) is 0 Å². The molecule has 14 heavy (non-hydrogen) atoms. The molecule has 1 atom stereocenters. The van der Waals surface area contributed by atoms with E-state index in [1.807, 2.05) is 18.5 Å². The summed E-state index contributed by atoms with van der Waals surface area (Å²) in [5.74, 6) is 0. The molecule has 3 heterocycles. The van der Waals surface area contributed by atoms with Gasteiger partial charge in [0.05, 0.1) is 19.0 Å². The maximum atomic E-state index is 5.38. The summed E-state index contributed by atoms with van der Waals surface area (Å²) in [6.07, 6.45) is 5.13. The standard InChI is InChI=1S/C10H11N3O/c1-2-9-10(11-4-1)13(7-12-9)6-8-3-5-14-8/h1-2,4,7-8H,3,5-6H2. The molecule has 1 aliphatic rings. The second kappa shape index (κ2) is 3.06. The van der Waals surface area contributed by atoms with Crippen LogP contribution in [0.25, 0.3) is 11.2 Å². The SMILES string of the molecule is c1cnc2c(c1)ncn2CC1CCO1. The largest absolute Gasteiger partial charge is 0.376 e. The van der Waals surface area contributed by atoms with Crippen molar-refractivity contribution in [2.24, 2.45) is 0 Å². The molecule has 0 bridgehead atoms. The number of ether oxygens (including phenoxy) is 1. The summed E-state index contributed by atoms with van der Waals surface area (Å²) >= 11 is 0. The fourth-order valence-corrected chi connectivity index (χ4v) is 1.68. The first-order valence-electron chi connectivity index (χ1n) is 4.81. The minimum Gasteiger partial charge on any atom is -0.376 e. The lowest BCUT2D eigenvalue weighted by Crippen LogP contribution is -2.31. The van der Waals surface area contributed by atoms with Gasteiger partial charge in [-0.25, -0.2) is 9.97 Å². The molecule has 0 spiro atoms. The van der Waals surface area contributed by atoms with Crippen LogP contribution in [0, 0.1) is 0 Å². The van der Waals surface area contributed by atoms with Crippen molar-refractivity contribution < 1.29 is 4.74 Å². The van der Waals surface area contributed by atoms with Crippen LogP contribution in [0.1, 0.15) is 6.42 Å². The first kappa shape index (κ1) is 7.94. The average Bonchev–Trinajstić information content (AvgIpc) is 2.55. The lowest BCUT2D eigenvalue weighted by Gasteiger charge is -2.26. The molecule has 0 radical (unpaired) electrons. The van der Waals surface area contributed by atoms with Gasteiger partial charge in [-0.05, 0) is 18.6 Å². The third-order valence-corrected chi connectivity index (χ3v) is 2.57. The Labute approximate surface area is 81.5 Å². The maximum absolute atomic E-state index is 5.38. The molecule has 2 aromatic heterocycles. The highest BCUT2D eigenvalue weighted by Crippen LogP contribution is 2.16. The van der Waals surface area contributed by atoms with Crippen LogP contribution in [-0.2, 0) is 11.3 Å². The molecule has 0 N–H and O–H groups in total. The molecule has 4 nitrogen and oxygen atoms in total. The van der Waals surface area contributed by atoms with Gasteiger partial charge in [-0.3, -0.25) is 0 Å². The Kier molecular flexibility index (Phi) is 1.73. The summed E-state index contributed by atoms with van der Waals surface area (Å²) in [5, 5.41) is 0. The van der Waals surface area contributed by atoms with Crippen LogP contribution in [0.5, 0.6) is 0 Å². The van der Waals surface area contributed by atoms with Crippen molar-refractivity contribution in [3.05, 3.63) is 24.7 Å². The Balaban J connectivity index is 1.95. The molecule has 0 saturated carbocycles. The number of hydrogen-bond donors (Lipinski definition) is 0. The minimum atomic E-state index is 0.356. The third-order valence-electron chi connectivity index (χ3n) is 2.57. The lowest BCUT2D eigenvalue weighted by molar-refractivity contribution is -0.0587. The zero-order chi connectivity index (χ0) is 9.38. The van der Waals surface area contributed by atoms with Crippen LogP contribution in [0.2, 0.25) is 0 Å². The normalized spacial score (nSPS) is 21.0. The van der Waals surface area contributed by atoms with Crippen LogP contribution < -0.4 is 0 Å². The molecule has 4 heteroatoms. The van der Waals surface area contributed by atoms with Crippen molar-refractivity contribution >= 4 is 11.2 Å². The van der Waals surface area contributed by atoms with Crippen molar-refractivity contribution in [2.75, 3.05) is 6.61 Å². The molecule has 1 aliphatic heterocycles. The van der Waals surface area contributed by atoms with E-state index in [9.17, 15) is 0 Å². The molecule has 3 rings (SSSR count). The molecule has 72 valence electrons. The highest BCUT2D eigenvalue weighted by Gasteiger charge is 2.19. The van der Waals surface area contributed by atoms with Gasteiger partial charge in [-0.15, -0.1) is 0 Å². The van der Waals surface area contributed by atoms with Gasteiger partial charge in [-0.2, -0.15) is 0 Å². The smallest absolute Gasteiger partial charge is 0.159 e. The number of fused-ring (bicyclic) bond motifs is 1. The van der Waals surface area contributed by atoms with E-state index < -0.39 is 0 Å². The van der Waals surface area contributed by atoms with Gasteiger partial charge in [0.25, 0.3) is 0 Å². The fourth-order valence-electron chi connectivity index (χ4n) is 1.68.